The Morgan fingerprint density at radius 2 is 1.20 bits per heavy atom. The summed E-state index contributed by atoms with van der Waals surface area (Å²) in [5.41, 5.74) is 0. The molecule has 0 saturated heterocycles. The average molecular weight is 316 g/mol. The van der Waals surface area contributed by atoms with Crippen molar-refractivity contribution in [2.75, 3.05) is 0 Å². The van der Waals surface area contributed by atoms with Crippen LogP contribution >= 0.6 is 43.0 Å². The Morgan fingerprint density at radius 3 is 1.20 bits per heavy atom. The van der Waals surface area contributed by atoms with Gasteiger partial charge < -0.3 is 0 Å². The molecular formula is H2ReS4. The van der Waals surface area contributed by atoms with Crippen molar-refractivity contribution in [2.24, 2.45) is 0 Å². The zero-order chi connectivity index (χ0) is 3.41. The maximum absolute atomic E-state index is 3.72. The Hall–Kier alpha value is 2.06. The molecule has 0 saturated carbocycles. The average Bonchev–Trinajstić information content (AvgIpc) is 1.37. The van der Waals surface area contributed by atoms with Crippen LogP contribution in [0, 0.1) is 0 Å². The van der Waals surface area contributed by atoms with Gasteiger partial charge >= 0.3 is 0 Å². The molecule has 1 radical (unpaired) electrons. The fraction of sp³-hybridized carbons (Fsp3) is 0. The molecule has 0 heterocycles. The predicted molar refractivity (Wildman–Crippen MR) is 33.2 cm³/mol. The molecule has 5 heavy (non-hydrogen) atoms. The van der Waals surface area contributed by atoms with Crippen LogP contribution in [0.2, 0.25) is 0 Å². The third-order valence-electron chi connectivity index (χ3n) is 0.0333. The standard InChI is InChI=1S/Re.H2S4/c;1-3-4-2/h;1-2H. The summed E-state index contributed by atoms with van der Waals surface area (Å²) in [6.07, 6.45) is 0. The molecule has 0 aliphatic heterocycles. The van der Waals surface area contributed by atoms with Gasteiger partial charge in [-0.25, -0.2) is 0 Å². The molecule has 0 amide bonds. The maximum atomic E-state index is 3.72. The van der Waals surface area contributed by atoms with E-state index in [0.29, 0.717) is 0 Å². The van der Waals surface area contributed by atoms with Crippen molar-refractivity contribution in [2.45, 2.75) is 0 Å². The molecule has 0 spiro atoms. The van der Waals surface area contributed by atoms with E-state index in [1.165, 1.54) is 19.7 Å². The van der Waals surface area contributed by atoms with Crippen molar-refractivity contribution in [3.63, 3.8) is 0 Å². The van der Waals surface area contributed by atoms with Crippen molar-refractivity contribution in [3.8, 4) is 0 Å². The van der Waals surface area contributed by atoms with E-state index in [1.807, 2.05) is 0 Å². The molecule has 0 aromatic carbocycles. The number of hydrogen-bond acceptors (Lipinski definition) is 4. The van der Waals surface area contributed by atoms with Gasteiger partial charge in [0.25, 0.3) is 0 Å². The predicted octanol–water partition coefficient (Wildman–Crippen LogP) is 2.05. The minimum atomic E-state index is 0. The summed E-state index contributed by atoms with van der Waals surface area (Å²) in [5, 5.41) is 0. The van der Waals surface area contributed by atoms with Crippen LogP contribution < -0.4 is 0 Å². The smallest absolute Gasteiger partial charge is 0 e. The van der Waals surface area contributed by atoms with Crippen molar-refractivity contribution in [3.05, 3.63) is 0 Å². The summed E-state index contributed by atoms with van der Waals surface area (Å²) < 4.78 is 0. The molecule has 0 fully saturated rings. The largest absolute Gasteiger partial charge is 0.0989 e. The Morgan fingerprint density at radius 1 is 1.00 bits per heavy atom. The third-order valence-corrected chi connectivity index (χ3v) is 2.70. The first-order valence-corrected chi connectivity index (χ1v) is 4.79. The van der Waals surface area contributed by atoms with Crippen molar-refractivity contribution >= 4 is 43.0 Å². The van der Waals surface area contributed by atoms with Crippen LogP contribution in [0.4, 0.5) is 0 Å². The Kier molecular flexibility index (Phi) is 19.1. The van der Waals surface area contributed by atoms with Crippen LogP contribution in [0.3, 0.4) is 0 Å². The van der Waals surface area contributed by atoms with Crippen LogP contribution in [0.5, 0.6) is 0 Å². The van der Waals surface area contributed by atoms with Gasteiger partial charge in [-0.3, -0.25) is 0 Å². The van der Waals surface area contributed by atoms with Gasteiger partial charge in [0.15, 0.2) is 0 Å². The molecule has 0 N–H and O–H groups in total. The monoisotopic (exact) mass is 317 g/mol. The topological polar surface area (TPSA) is 0 Å². The van der Waals surface area contributed by atoms with Crippen LogP contribution in [0.15, 0.2) is 0 Å². The van der Waals surface area contributed by atoms with Gasteiger partial charge in [0, 0.05) is 20.4 Å². The molecule has 0 aromatic rings. The van der Waals surface area contributed by atoms with Gasteiger partial charge in [-0.15, -0.1) is 0 Å². The fourth-order valence-electron chi connectivity index (χ4n) is 0. The normalized spacial score (nSPS) is 6.00. The van der Waals surface area contributed by atoms with Gasteiger partial charge in [0.2, 0.25) is 0 Å². The number of rotatable bonds is 1. The van der Waals surface area contributed by atoms with E-state index in [2.05, 4.69) is 23.3 Å². The summed E-state index contributed by atoms with van der Waals surface area (Å²) in [4.78, 5) is 0. The molecule has 0 unspecified atom stereocenters. The molecule has 0 aromatic heterocycles. The third kappa shape index (κ3) is 10.7. The second kappa shape index (κ2) is 9.41. The second-order valence-electron chi connectivity index (χ2n) is 0.149. The van der Waals surface area contributed by atoms with E-state index < -0.39 is 0 Å². The Labute approximate surface area is 62.9 Å². The van der Waals surface area contributed by atoms with Crippen LogP contribution in [-0.2, 0) is 20.4 Å². The summed E-state index contributed by atoms with van der Waals surface area (Å²) in [6.45, 7) is 0. The molecule has 33 valence electrons. The minimum absolute atomic E-state index is 0. The molecule has 0 atom stereocenters. The van der Waals surface area contributed by atoms with Crippen molar-refractivity contribution in [1.29, 1.82) is 0 Å². The first kappa shape index (κ1) is 10.1. The number of hydrogen-bond donors (Lipinski definition) is 2. The summed E-state index contributed by atoms with van der Waals surface area (Å²) >= 11 is 7.45. The SMILES string of the molecule is SSSS.[Re]. The van der Waals surface area contributed by atoms with Crippen LogP contribution in [0.25, 0.3) is 0 Å². The van der Waals surface area contributed by atoms with Crippen molar-refractivity contribution < 1.29 is 20.4 Å². The molecule has 0 aliphatic carbocycles. The molecule has 5 heteroatoms. The molecule has 0 nitrogen and oxygen atoms in total. The van der Waals surface area contributed by atoms with Gasteiger partial charge in [-0.05, 0) is 19.7 Å². The molecular weight excluding hydrogens is 314 g/mol. The quantitative estimate of drug-likeness (QED) is 0.561. The minimum Gasteiger partial charge on any atom is -0.0989 e. The van der Waals surface area contributed by atoms with Crippen molar-refractivity contribution in [1.82, 2.24) is 0 Å². The van der Waals surface area contributed by atoms with E-state index in [1.54, 1.807) is 0 Å². The van der Waals surface area contributed by atoms with E-state index in [-0.39, 0.29) is 20.4 Å². The van der Waals surface area contributed by atoms with Crippen LogP contribution in [-0.4, -0.2) is 0 Å². The maximum Gasteiger partial charge on any atom is 0 e. The van der Waals surface area contributed by atoms with Gasteiger partial charge in [-0.1, -0.05) is 23.3 Å². The molecule has 0 rings (SSSR count). The Balaban J connectivity index is 0. The molecule has 0 aliphatic rings. The van der Waals surface area contributed by atoms with Gasteiger partial charge in [0.05, 0.1) is 0 Å². The first-order valence-electron chi connectivity index (χ1n) is 0.532. The summed E-state index contributed by atoms with van der Waals surface area (Å²) in [5.74, 6) is 0. The van der Waals surface area contributed by atoms with Crippen LogP contribution in [0.1, 0.15) is 0 Å². The Bertz CT molecular complexity index is 5.61. The van der Waals surface area contributed by atoms with E-state index in [9.17, 15) is 0 Å². The second-order valence-corrected chi connectivity index (χ2v) is 4.02. The van der Waals surface area contributed by atoms with E-state index >= 15 is 0 Å². The van der Waals surface area contributed by atoms with Gasteiger partial charge in [0.1, 0.15) is 0 Å². The van der Waals surface area contributed by atoms with Gasteiger partial charge in [-0.2, -0.15) is 0 Å². The summed E-state index contributed by atoms with van der Waals surface area (Å²) in [6, 6.07) is 0. The number of thiol groups is 2. The fourth-order valence-corrected chi connectivity index (χ4v) is 0. The van der Waals surface area contributed by atoms with E-state index in [4.69, 9.17) is 0 Å². The zero-order valence-electron chi connectivity index (χ0n) is 2.09. The molecule has 0 bridgehead atoms. The summed E-state index contributed by atoms with van der Waals surface area (Å²) in [7, 11) is 2.66. The first-order chi connectivity index (χ1) is 1.91. The van der Waals surface area contributed by atoms with E-state index in [0.717, 1.165) is 0 Å². The zero-order valence-corrected chi connectivity index (χ0v) is 8.23.